The lowest BCUT2D eigenvalue weighted by molar-refractivity contribution is 0.125. The Bertz CT molecular complexity index is 331. The van der Waals surface area contributed by atoms with Crippen molar-refractivity contribution in [2.45, 2.75) is 19.4 Å². The summed E-state index contributed by atoms with van der Waals surface area (Å²) in [6.45, 7) is 3.00. The summed E-state index contributed by atoms with van der Waals surface area (Å²) in [6, 6.07) is 3.50. The zero-order chi connectivity index (χ0) is 12.0. The molecule has 1 unspecified atom stereocenters. The fraction of sp³-hybridized carbons (Fsp3) is 0.500. The van der Waals surface area contributed by atoms with Crippen molar-refractivity contribution in [2.75, 3.05) is 20.3 Å². The van der Waals surface area contributed by atoms with E-state index >= 15 is 0 Å². The van der Waals surface area contributed by atoms with E-state index in [-0.39, 0.29) is 11.9 Å². The molecule has 0 fully saturated rings. The summed E-state index contributed by atoms with van der Waals surface area (Å²) in [5.74, 6) is -0.791. The average molecular weight is 229 g/mol. The lowest BCUT2D eigenvalue weighted by Crippen LogP contribution is -2.32. The Hall–Kier alpha value is -1.00. The van der Waals surface area contributed by atoms with E-state index in [1.165, 1.54) is 6.07 Å². The Morgan fingerprint density at radius 3 is 2.75 bits per heavy atom. The number of halogens is 2. The SMILES string of the molecule is CCOCC(Cc1cc(F)ccc1F)NC. The molecule has 0 saturated carbocycles. The van der Waals surface area contributed by atoms with Crippen LogP contribution in [0.15, 0.2) is 18.2 Å². The van der Waals surface area contributed by atoms with Gasteiger partial charge in [0.25, 0.3) is 0 Å². The molecule has 2 nitrogen and oxygen atoms in total. The maximum Gasteiger partial charge on any atom is 0.126 e. The highest BCUT2D eigenvalue weighted by atomic mass is 19.1. The number of rotatable bonds is 6. The topological polar surface area (TPSA) is 21.3 Å². The second-order valence-corrected chi connectivity index (χ2v) is 3.58. The molecular weight excluding hydrogens is 212 g/mol. The zero-order valence-corrected chi connectivity index (χ0v) is 9.59. The lowest BCUT2D eigenvalue weighted by Gasteiger charge is -2.16. The van der Waals surface area contributed by atoms with Crippen molar-refractivity contribution < 1.29 is 13.5 Å². The Morgan fingerprint density at radius 2 is 2.12 bits per heavy atom. The number of nitrogens with one attached hydrogen (secondary N) is 1. The number of likely N-dealkylation sites (N-methyl/N-ethyl adjacent to an activating group) is 1. The second-order valence-electron chi connectivity index (χ2n) is 3.58. The Labute approximate surface area is 94.6 Å². The smallest absolute Gasteiger partial charge is 0.126 e. The quantitative estimate of drug-likeness (QED) is 0.807. The summed E-state index contributed by atoms with van der Waals surface area (Å²) >= 11 is 0. The Kier molecular flexibility index (Phi) is 5.35. The van der Waals surface area contributed by atoms with Crippen LogP contribution in [0.4, 0.5) is 8.78 Å². The number of hydrogen-bond donors (Lipinski definition) is 1. The van der Waals surface area contributed by atoms with Crippen LogP contribution >= 0.6 is 0 Å². The van der Waals surface area contributed by atoms with Crippen molar-refractivity contribution in [3.8, 4) is 0 Å². The van der Waals surface area contributed by atoms with Crippen molar-refractivity contribution in [3.63, 3.8) is 0 Å². The molecule has 0 saturated heterocycles. The van der Waals surface area contributed by atoms with Gasteiger partial charge in [0.1, 0.15) is 11.6 Å². The molecule has 1 N–H and O–H groups in total. The van der Waals surface area contributed by atoms with E-state index in [1.807, 2.05) is 6.92 Å². The largest absolute Gasteiger partial charge is 0.380 e. The fourth-order valence-corrected chi connectivity index (χ4v) is 1.47. The minimum absolute atomic E-state index is 0.00347. The fourth-order valence-electron chi connectivity index (χ4n) is 1.47. The molecule has 0 aromatic heterocycles. The van der Waals surface area contributed by atoms with Crippen LogP contribution in [-0.2, 0) is 11.2 Å². The van der Waals surface area contributed by atoms with Gasteiger partial charge in [0.2, 0.25) is 0 Å². The Balaban J connectivity index is 2.65. The number of ether oxygens (including phenoxy) is 1. The van der Waals surface area contributed by atoms with E-state index in [2.05, 4.69) is 5.32 Å². The van der Waals surface area contributed by atoms with E-state index in [0.29, 0.717) is 25.2 Å². The van der Waals surface area contributed by atoms with E-state index in [1.54, 1.807) is 7.05 Å². The molecule has 0 heterocycles. The summed E-state index contributed by atoms with van der Waals surface area (Å²) in [5.41, 5.74) is 0.374. The minimum atomic E-state index is -0.414. The monoisotopic (exact) mass is 229 g/mol. The lowest BCUT2D eigenvalue weighted by atomic mass is 10.1. The van der Waals surface area contributed by atoms with Crippen molar-refractivity contribution in [3.05, 3.63) is 35.4 Å². The normalized spacial score (nSPS) is 12.8. The molecule has 1 atom stereocenters. The average Bonchev–Trinajstić information content (AvgIpc) is 2.28. The van der Waals surface area contributed by atoms with Gasteiger partial charge in [-0.25, -0.2) is 8.78 Å². The molecule has 0 aliphatic carbocycles. The molecule has 1 aromatic carbocycles. The summed E-state index contributed by atoms with van der Waals surface area (Å²) in [6.07, 6.45) is 0.417. The molecule has 90 valence electrons. The molecule has 1 rings (SSSR count). The van der Waals surface area contributed by atoms with Gasteiger partial charge >= 0.3 is 0 Å². The van der Waals surface area contributed by atoms with Crippen LogP contribution in [0.25, 0.3) is 0 Å². The van der Waals surface area contributed by atoms with Gasteiger partial charge < -0.3 is 10.1 Å². The van der Waals surface area contributed by atoms with Crippen molar-refractivity contribution in [2.24, 2.45) is 0 Å². The van der Waals surface area contributed by atoms with Gasteiger partial charge in [0, 0.05) is 12.6 Å². The molecule has 16 heavy (non-hydrogen) atoms. The van der Waals surface area contributed by atoms with Crippen LogP contribution < -0.4 is 5.32 Å². The highest BCUT2D eigenvalue weighted by Crippen LogP contribution is 2.12. The first kappa shape index (κ1) is 13.1. The van der Waals surface area contributed by atoms with E-state index in [9.17, 15) is 8.78 Å². The first-order valence-corrected chi connectivity index (χ1v) is 5.36. The molecule has 0 radical (unpaired) electrons. The summed E-state index contributed by atoms with van der Waals surface area (Å²) in [4.78, 5) is 0. The Morgan fingerprint density at radius 1 is 1.38 bits per heavy atom. The van der Waals surface area contributed by atoms with Crippen molar-refractivity contribution >= 4 is 0 Å². The predicted molar refractivity (Wildman–Crippen MR) is 59.4 cm³/mol. The van der Waals surface area contributed by atoms with Crippen LogP contribution in [0, 0.1) is 11.6 Å². The maximum absolute atomic E-state index is 13.4. The van der Waals surface area contributed by atoms with E-state index in [4.69, 9.17) is 4.74 Å². The summed E-state index contributed by atoms with van der Waals surface area (Å²) in [7, 11) is 1.78. The molecule has 0 spiro atoms. The standard InChI is InChI=1S/C12H17F2NO/c1-3-16-8-11(15-2)7-9-6-10(13)4-5-12(9)14/h4-6,11,15H,3,7-8H2,1-2H3. The number of hydrogen-bond acceptors (Lipinski definition) is 2. The van der Waals surface area contributed by atoms with Gasteiger partial charge in [0.05, 0.1) is 6.61 Å². The highest BCUT2D eigenvalue weighted by Gasteiger charge is 2.11. The molecular formula is C12H17F2NO. The van der Waals surface area contributed by atoms with Crippen LogP contribution in [-0.4, -0.2) is 26.3 Å². The molecule has 0 aliphatic heterocycles. The molecule has 4 heteroatoms. The van der Waals surface area contributed by atoms with Crippen LogP contribution in [0.5, 0.6) is 0 Å². The van der Waals surface area contributed by atoms with Gasteiger partial charge in [-0.05, 0) is 44.2 Å². The van der Waals surface area contributed by atoms with Gasteiger partial charge in [-0.15, -0.1) is 0 Å². The summed E-state index contributed by atoms with van der Waals surface area (Å²) < 4.78 is 31.5. The summed E-state index contributed by atoms with van der Waals surface area (Å²) in [5, 5.41) is 3.02. The number of benzene rings is 1. The first-order chi connectivity index (χ1) is 7.67. The van der Waals surface area contributed by atoms with Crippen LogP contribution in [0.3, 0.4) is 0 Å². The third kappa shape index (κ3) is 3.87. The minimum Gasteiger partial charge on any atom is -0.380 e. The van der Waals surface area contributed by atoms with Gasteiger partial charge in [-0.3, -0.25) is 0 Å². The van der Waals surface area contributed by atoms with Crippen molar-refractivity contribution in [1.82, 2.24) is 5.32 Å². The van der Waals surface area contributed by atoms with Gasteiger partial charge in [0.15, 0.2) is 0 Å². The molecule has 0 amide bonds. The van der Waals surface area contributed by atoms with E-state index < -0.39 is 5.82 Å². The zero-order valence-electron chi connectivity index (χ0n) is 9.59. The van der Waals surface area contributed by atoms with Gasteiger partial charge in [-0.1, -0.05) is 0 Å². The van der Waals surface area contributed by atoms with E-state index in [0.717, 1.165) is 12.1 Å². The van der Waals surface area contributed by atoms with Crippen LogP contribution in [0.1, 0.15) is 12.5 Å². The molecule has 0 aliphatic rings. The molecule has 0 bridgehead atoms. The maximum atomic E-state index is 13.4. The third-order valence-electron chi connectivity index (χ3n) is 2.41. The molecule has 1 aromatic rings. The second kappa shape index (κ2) is 6.55. The van der Waals surface area contributed by atoms with Crippen LogP contribution in [0.2, 0.25) is 0 Å². The third-order valence-corrected chi connectivity index (χ3v) is 2.41. The highest BCUT2D eigenvalue weighted by molar-refractivity contribution is 5.19. The first-order valence-electron chi connectivity index (χ1n) is 5.36. The van der Waals surface area contributed by atoms with Gasteiger partial charge in [-0.2, -0.15) is 0 Å². The predicted octanol–water partition coefficient (Wildman–Crippen LogP) is 2.13. The van der Waals surface area contributed by atoms with Crippen molar-refractivity contribution in [1.29, 1.82) is 0 Å².